The minimum absolute atomic E-state index is 0.0478. The van der Waals surface area contributed by atoms with Gasteiger partial charge < -0.3 is 9.73 Å². The molecule has 0 aliphatic carbocycles. The lowest BCUT2D eigenvalue weighted by Gasteiger charge is -2.11. The summed E-state index contributed by atoms with van der Waals surface area (Å²) in [5.74, 6) is -1.78. The standard InChI is InChI=1S/C16H11F2NOS3/c1-16(17,18)10-4-2-3-9(7-10)12-6-5-11(20-12)8-13-14(21)19-15(22)23-13/h2-8H,1H3,(H,19,21,22)/b13-8+. The molecule has 0 atom stereocenters. The third-order valence-electron chi connectivity index (χ3n) is 3.20. The average molecular weight is 367 g/mol. The van der Waals surface area contributed by atoms with Crippen LogP contribution in [0.4, 0.5) is 8.78 Å². The van der Waals surface area contributed by atoms with Gasteiger partial charge in [0.1, 0.15) is 20.8 Å². The molecular weight excluding hydrogens is 356 g/mol. The van der Waals surface area contributed by atoms with E-state index in [1.54, 1.807) is 30.3 Å². The fraction of sp³-hybridized carbons (Fsp3) is 0.125. The van der Waals surface area contributed by atoms with Crippen LogP contribution in [-0.4, -0.2) is 9.31 Å². The molecule has 2 heterocycles. The molecule has 1 aromatic carbocycles. The third-order valence-corrected chi connectivity index (χ3v) is 4.83. The Bertz CT molecular complexity index is 821. The minimum atomic E-state index is -2.89. The zero-order valence-corrected chi connectivity index (χ0v) is 14.4. The third kappa shape index (κ3) is 3.68. The lowest BCUT2D eigenvalue weighted by atomic mass is 10.1. The molecule has 0 radical (unpaired) electrons. The van der Waals surface area contributed by atoms with E-state index in [9.17, 15) is 8.78 Å². The Morgan fingerprint density at radius 2 is 2.00 bits per heavy atom. The first-order valence-electron chi connectivity index (χ1n) is 6.66. The number of halogens is 2. The predicted molar refractivity (Wildman–Crippen MR) is 97.6 cm³/mol. The quantitative estimate of drug-likeness (QED) is 0.583. The summed E-state index contributed by atoms with van der Waals surface area (Å²) < 4.78 is 33.2. The molecule has 1 N–H and O–H groups in total. The van der Waals surface area contributed by atoms with Crippen LogP contribution < -0.4 is 5.32 Å². The summed E-state index contributed by atoms with van der Waals surface area (Å²) in [6.07, 6.45) is 1.78. The van der Waals surface area contributed by atoms with Gasteiger partial charge in [-0.25, -0.2) is 8.78 Å². The molecular formula is C16H11F2NOS3. The SMILES string of the molecule is CC(F)(F)c1cccc(-c2ccc(/C=C3/SC(=S)NC3=S)o2)c1. The molecule has 0 amide bonds. The fourth-order valence-corrected chi connectivity index (χ4v) is 3.54. The molecule has 1 fully saturated rings. The van der Waals surface area contributed by atoms with Crippen molar-refractivity contribution in [2.24, 2.45) is 0 Å². The van der Waals surface area contributed by atoms with Crippen molar-refractivity contribution in [3.05, 3.63) is 52.6 Å². The van der Waals surface area contributed by atoms with Crippen molar-refractivity contribution in [2.45, 2.75) is 12.8 Å². The smallest absolute Gasteiger partial charge is 0.270 e. The van der Waals surface area contributed by atoms with Crippen molar-refractivity contribution in [1.29, 1.82) is 0 Å². The number of alkyl halides is 2. The van der Waals surface area contributed by atoms with Gasteiger partial charge in [0.25, 0.3) is 5.92 Å². The monoisotopic (exact) mass is 367 g/mol. The van der Waals surface area contributed by atoms with E-state index in [1.165, 1.54) is 23.9 Å². The molecule has 0 spiro atoms. The van der Waals surface area contributed by atoms with Crippen LogP contribution >= 0.6 is 36.2 Å². The average Bonchev–Trinajstić information content (AvgIpc) is 3.06. The van der Waals surface area contributed by atoms with Gasteiger partial charge in [0, 0.05) is 18.1 Å². The summed E-state index contributed by atoms with van der Waals surface area (Å²) in [5, 5.41) is 2.88. The van der Waals surface area contributed by atoms with Crippen LogP contribution in [-0.2, 0) is 5.92 Å². The van der Waals surface area contributed by atoms with Gasteiger partial charge in [-0.2, -0.15) is 0 Å². The maximum Gasteiger partial charge on any atom is 0.270 e. The van der Waals surface area contributed by atoms with Crippen molar-refractivity contribution in [1.82, 2.24) is 5.32 Å². The molecule has 2 aromatic rings. The number of thiocarbonyl (C=S) groups is 2. The fourth-order valence-electron chi connectivity index (χ4n) is 2.08. The molecule has 1 saturated heterocycles. The number of hydrogen-bond acceptors (Lipinski definition) is 4. The minimum Gasteiger partial charge on any atom is -0.457 e. The van der Waals surface area contributed by atoms with Gasteiger partial charge in [-0.15, -0.1) is 0 Å². The van der Waals surface area contributed by atoms with E-state index < -0.39 is 5.92 Å². The number of furan rings is 1. The van der Waals surface area contributed by atoms with Crippen LogP contribution in [0.1, 0.15) is 18.2 Å². The Balaban J connectivity index is 1.90. The molecule has 7 heteroatoms. The molecule has 1 aliphatic rings. The second-order valence-corrected chi connectivity index (χ2v) is 7.15. The molecule has 0 bridgehead atoms. The van der Waals surface area contributed by atoms with E-state index in [4.69, 9.17) is 28.9 Å². The van der Waals surface area contributed by atoms with Gasteiger partial charge in [-0.3, -0.25) is 0 Å². The molecule has 1 aromatic heterocycles. The summed E-state index contributed by atoms with van der Waals surface area (Å²) in [7, 11) is 0. The topological polar surface area (TPSA) is 25.2 Å². The Hall–Kier alpha value is -1.57. The Labute approximate surface area is 146 Å². The summed E-state index contributed by atoms with van der Waals surface area (Å²) >= 11 is 11.6. The zero-order chi connectivity index (χ0) is 16.6. The highest BCUT2D eigenvalue weighted by atomic mass is 32.2. The van der Waals surface area contributed by atoms with Gasteiger partial charge >= 0.3 is 0 Å². The highest BCUT2D eigenvalue weighted by Gasteiger charge is 2.24. The predicted octanol–water partition coefficient (Wildman–Crippen LogP) is 5.35. The van der Waals surface area contributed by atoms with E-state index in [1.807, 2.05) is 0 Å². The maximum atomic E-state index is 13.4. The van der Waals surface area contributed by atoms with Crippen LogP contribution in [0, 0.1) is 0 Å². The Morgan fingerprint density at radius 1 is 1.22 bits per heavy atom. The second-order valence-electron chi connectivity index (χ2n) is 5.02. The van der Waals surface area contributed by atoms with E-state index in [0.29, 0.717) is 26.4 Å². The number of rotatable bonds is 3. The van der Waals surface area contributed by atoms with E-state index >= 15 is 0 Å². The number of nitrogens with one attached hydrogen (secondary N) is 1. The zero-order valence-electron chi connectivity index (χ0n) is 11.9. The van der Waals surface area contributed by atoms with Crippen LogP contribution in [0.15, 0.2) is 45.7 Å². The van der Waals surface area contributed by atoms with Crippen LogP contribution in [0.3, 0.4) is 0 Å². The summed E-state index contributed by atoms with van der Waals surface area (Å²) in [6.45, 7) is 0.873. The highest BCUT2D eigenvalue weighted by molar-refractivity contribution is 8.27. The Morgan fingerprint density at radius 3 is 2.65 bits per heavy atom. The van der Waals surface area contributed by atoms with Gasteiger partial charge in [-0.05, 0) is 24.3 Å². The van der Waals surface area contributed by atoms with Crippen LogP contribution in [0.2, 0.25) is 0 Å². The Kier molecular flexibility index (Phi) is 4.35. The van der Waals surface area contributed by atoms with Gasteiger partial charge in [-0.1, -0.05) is 54.4 Å². The van der Waals surface area contributed by atoms with Crippen molar-refractivity contribution < 1.29 is 13.2 Å². The summed E-state index contributed by atoms with van der Waals surface area (Å²) in [6, 6.07) is 9.66. The van der Waals surface area contributed by atoms with Crippen LogP contribution in [0.5, 0.6) is 0 Å². The van der Waals surface area contributed by atoms with E-state index in [-0.39, 0.29) is 5.56 Å². The normalized spacial score (nSPS) is 16.9. The van der Waals surface area contributed by atoms with Gasteiger partial charge in [0.05, 0.1) is 4.91 Å². The van der Waals surface area contributed by atoms with Gasteiger partial charge in [0.2, 0.25) is 0 Å². The summed E-state index contributed by atoms with van der Waals surface area (Å²) in [5.41, 5.74) is 0.553. The molecule has 23 heavy (non-hydrogen) atoms. The molecule has 2 nitrogen and oxygen atoms in total. The molecule has 3 rings (SSSR count). The lowest BCUT2D eigenvalue weighted by Crippen LogP contribution is -2.15. The first kappa shape index (κ1) is 16.3. The van der Waals surface area contributed by atoms with Crippen molar-refractivity contribution in [2.75, 3.05) is 0 Å². The number of benzene rings is 1. The molecule has 0 saturated carbocycles. The largest absolute Gasteiger partial charge is 0.457 e. The maximum absolute atomic E-state index is 13.4. The van der Waals surface area contributed by atoms with E-state index in [0.717, 1.165) is 11.8 Å². The van der Waals surface area contributed by atoms with Crippen molar-refractivity contribution >= 4 is 51.6 Å². The first-order chi connectivity index (χ1) is 10.8. The molecule has 118 valence electrons. The van der Waals surface area contributed by atoms with Gasteiger partial charge in [0.15, 0.2) is 0 Å². The second kappa shape index (κ2) is 6.14. The van der Waals surface area contributed by atoms with Crippen LogP contribution in [0.25, 0.3) is 17.4 Å². The summed E-state index contributed by atoms with van der Waals surface area (Å²) in [4.78, 5) is 1.37. The van der Waals surface area contributed by atoms with Crippen molar-refractivity contribution in [3.8, 4) is 11.3 Å². The highest BCUT2D eigenvalue weighted by Crippen LogP contribution is 2.32. The van der Waals surface area contributed by atoms with Crippen molar-refractivity contribution in [3.63, 3.8) is 0 Å². The number of thioether (sulfide) groups is 1. The number of hydrogen-bond donors (Lipinski definition) is 1. The molecule has 0 unspecified atom stereocenters. The van der Waals surface area contributed by atoms with E-state index in [2.05, 4.69) is 5.32 Å². The lowest BCUT2D eigenvalue weighted by molar-refractivity contribution is 0.0175. The first-order valence-corrected chi connectivity index (χ1v) is 8.30. The molecule has 1 aliphatic heterocycles.